The zero-order chi connectivity index (χ0) is 20.7. The first-order valence-corrected chi connectivity index (χ1v) is 8.90. The normalized spacial score (nSPS) is 15.6. The van der Waals surface area contributed by atoms with Gasteiger partial charge in [-0.2, -0.15) is 4.98 Å². The van der Waals surface area contributed by atoms with Crippen molar-refractivity contribution in [2.24, 2.45) is 5.73 Å². The van der Waals surface area contributed by atoms with Crippen LogP contribution in [0, 0.1) is 17.0 Å². The number of aromatic nitrogens is 3. The second-order valence-corrected chi connectivity index (χ2v) is 6.85. The van der Waals surface area contributed by atoms with Crippen molar-refractivity contribution in [2.75, 3.05) is 5.32 Å². The lowest BCUT2D eigenvalue weighted by atomic mass is 9.94. The van der Waals surface area contributed by atoms with Gasteiger partial charge in [0.2, 0.25) is 11.9 Å². The third-order valence-corrected chi connectivity index (χ3v) is 4.81. The number of nitrogens with two attached hydrogens (primary N) is 1. The molecule has 3 N–H and O–H groups in total. The second-order valence-electron chi connectivity index (χ2n) is 6.85. The number of carbonyl (C=O) groups is 1. The predicted octanol–water partition coefficient (Wildman–Crippen LogP) is 2.94. The number of rotatable bonds is 4. The fourth-order valence-electron chi connectivity index (χ4n) is 3.47. The molecule has 1 aliphatic rings. The van der Waals surface area contributed by atoms with E-state index in [0.29, 0.717) is 28.6 Å². The van der Waals surface area contributed by atoms with Crippen LogP contribution >= 0.6 is 0 Å². The van der Waals surface area contributed by atoms with Crippen molar-refractivity contribution in [1.29, 1.82) is 0 Å². The van der Waals surface area contributed by atoms with Crippen LogP contribution in [0.1, 0.15) is 24.1 Å². The number of aryl methyl sites for hydroxylation is 1. The highest BCUT2D eigenvalue weighted by Crippen LogP contribution is 2.36. The second kappa shape index (κ2) is 6.86. The van der Waals surface area contributed by atoms with Crippen molar-refractivity contribution in [1.82, 2.24) is 14.8 Å². The number of nitrogens with one attached hydrogen (secondary N) is 1. The number of benzene rings is 2. The molecule has 29 heavy (non-hydrogen) atoms. The Bertz CT molecular complexity index is 1160. The number of nitro groups is 1. The Balaban J connectivity index is 1.84. The summed E-state index contributed by atoms with van der Waals surface area (Å²) < 4.78 is 1.62. The molecule has 9 heteroatoms. The highest BCUT2D eigenvalue weighted by molar-refractivity contribution is 5.95. The van der Waals surface area contributed by atoms with Gasteiger partial charge in [-0.05, 0) is 31.5 Å². The van der Waals surface area contributed by atoms with E-state index in [-0.39, 0.29) is 5.69 Å². The first-order valence-electron chi connectivity index (χ1n) is 8.90. The molecule has 3 aromatic rings. The number of nitro benzene ring substituents is 1. The van der Waals surface area contributed by atoms with Crippen molar-refractivity contribution >= 4 is 17.5 Å². The highest BCUT2D eigenvalue weighted by Gasteiger charge is 2.33. The SMILES string of the molecule is CC1=C(C(N)=O)C(c2cccc(C)c2)n2nc(-c3ccc([N+](=O)[O-])cc3)nc2N1. The van der Waals surface area contributed by atoms with Gasteiger partial charge in [0.05, 0.1) is 10.5 Å². The third-order valence-electron chi connectivity index (χ3n) is 4.81. The van der Waals surface area contributed by atoms with Gasteiger partial charge >= 0.3 is 0 Å². The minimum atomic E-state index is -0.542. The third kappa shape index (κ3) is 3.22. The van der Waals surface area contributed by atoms with E-state index >= 15 is 0 Å². The molecule has 0 aliphatic carbocycles. The van der Waals surface area contributed by atoms with Crippen LogP contribution in [0.4, 0.5) is 11.6 Å². The summed E-state index contributed by atoms with van der Waals surface area (Å²) in [4.78, 5) is 27.2. The Kier molecular flexibility index (Phi) is 4.34. The van der Waals surface area contributed by atoms with E-state index in [4.69, 9.17) is 5.73 Å². The summed E-state index contributed by atoms with van der Waals surface area (Å²) in [6.07, 6.45) is 0. The van der Waals surface area contributed by atoms with E-state index in [0.717, 1.165) is 11.1 Å². The molecule has 9 nitrogen and oxygen atoms in total. The molecule has 0 saturated heterocycles. The van der Waals surface area contributed by atoms with Gasteiger partial charge in [0, 0.05) is 23.4 Å². The fraction of sp³-hybridized carbons (Fsp3) is 0.150. The van der Waals surface area contributed by atoms with Crippen molar-refractivity contribution in [3.63, 3.8) is 0 Å². The maximum atomic E-state index is 12.2. The first-order chi connectivity index (χ1) is 13.8. The van der Waals surface area contributed by atoms with E-state index in [9.17, 15) is 14.9 Å². The average molecular weight is 390 g/mol. The van der Waals surface area contributed by atoms with Crippen LogP contribution < -0.4 is 11.1 Å². The van der Waals surface area contributed by atoms with Crippen molar-refractivity contribution in [3.05, 3.63) is 81.0 Å². The average Bonchev–Trinajstić information content (AvgIpc) is 3.10. The molecule has 2 heterocycles. The summed E-state index contributed by atoms with van der Waals surface area (Å²) in [5, 5.41) is 18.5. The number of fused-ring (bicyclic) bond motifs is 1. The number of anilines is 1. The van der Waals surface area contributed by atoms with E-state index in [1.165, 1.54) is 12.1 Å². The topological polar surface area (TPSA) is 129 Å². The quantitative estimate of drug-likeness (QED) is 0.520. The van der Waals surface area contributed by atoms with Gasteiger partial charge in [0.15, 0.2) is 5.82 Å². The number of non-ortho nitro benzene ring substituents is 1. The molecule has 1 aliphatic heterocycles. The molecule has 146 valence electrons. The summed E-state index contributed by atoms with van der Waals surface area (Å²) in [7, 11) is 0. The summed E-state index contributed by atoms with van der Waals surface area (Å²) >= 11 is 0. The first kappa shape index (κ1) is 18.4. The number of hydrogen-bond acceptors (Lipinski definition) is 6. The minimum Gasteiger partial charge on any atom is -0.366 e. The maximum Gasteiger partial charge on any atom is 0.269 e. The van der Waals surface area contributed by atoms with Crippen LogP contribution in [-0.2, 0) is 4.79 Å². The van der Waals surface area contributed by atoms with Crippen LogP contribution in [0.25, 0.3) is 11.4 Å². The van der Waals surface area contributed by atoms with E-state index in [1.54, 1.807) is 23.7 Å². The molecule has 2 aromatic carbocycles. The maximum absolute atomic E-state index is 12.2. The number of primary amides is 1. The van der Waals surface area contributed by atoms with Crippen molar-refractivity contribution in [3.8, 4) is 11.4 Å². The number of amides is 1. The molecular weight excluding hydrogens is 372 g/mol. The Morgan fingerprint density at radius 2 is 1.93 bits per heavy atom. The fourth-order valence-corrected chi connectivity index (χ4v) is 3.47. The van der Waals surface area contributed by atoms with Crippen LogP contribution in [0.3, 0.4) is 0 Å². The zero-order valence-electron chi connectivity index (χ0n) is 15.8. The largest absolute Gasteiger partial charge is 0.366 e. The van der Waals surface area contributed by atoms with Crippen LogP contribution in [-0.4, -0.2) is 25.6 Å². The van der Waals surface area contributed by atoms with Gasteiger partial charge < -0.3 is 11.1 Å². The monoisotopic (exact) mass is 390 g/mol. The smallest absolute Gasteiger partial charge is 0.269 e. The molecule has 0 bridgehead atoms. The summed E-state index contributed by atoms with van der Waals surface area (Å²) in [6.45, 7) is 3.74. The van der Waals surface area contributed by atoms with Crippen LogP contribution in [0.2, 0.25) is 0 Å². The van der Waals surface area contributed by atoms with E-state index in [1.807, 2.05) is 31.2 Å². The predicted molar refractivity (Wildman–Crippen MR) is 107 cm³/mol. The van der Waals surface area contributed by atoms with Gasteiger partial charge in [0.25, 0.3) is 5.69 Å². The minimum absolute atomic E-state index is 0.0120. The summed E-state index contributed by atoms with van der Waals surface area (Å²) in [6, 6.07) is 13.2. The molecule has 0 fully saturated rings. The number of hydrogen-bond donors (Lipinski definition) is 2. The Labute approximate surface area is 166 Å². The van der Waals surface area contributed by atoms with Gasteiger partial charge in [-0.15, -0.1) is 5.10 Å². The van der Waals surface area contributed by atoms with Gasteiger partial charge in [-0.3, -0.25) is 14.9 Å². The Hall–Kier alpha value is -4.01. The molecule has 1 aromatic heterocycles. The molecule has 0 spiro atoms. The lowest BCUT2D eigenvalue weighted by molar-refractivity contribution is -0.384. The van der Waals surface area contributed by atoms with Crippen molar-refractivity contribution in [2.45, 2.75) is 19.9 Å². The molecule has 1 amide bonds. The molecule has 1 atom stereocenters. The summed E-state index contributed by atoms with van der Waals surface area (Å²) in [5.41, 5.74) is 9.21. The van der Waals surface area contributed by atoms with Gasteiger partial charge in [0.1, 0.15) is 6.04 Å². The molecule has 1 unspecified atom stereocenters. The lowest BCUT2D eigenvalue weighted by Crippen LogP contribution is -2.31. The van der Waals surface area contributed by atoms with E-state index in [2.05, 4.69) is 15.4 Å². The van der Waals surface area contributed by atoms with E-state index < -0.39 is 16.9 Å². The van der Waals surface area contributed by atoms with Gasteiger partial charge in [-0.1, -0.05) is 29.8 Å². The molecule has 0 saturated carbocycles. The zero-order valence-corrected chi connectivity index (χ0v) is 15.8. The van der Waals surface area contributed by atoms with Crippen molar-refractivity contribution < 1.29 is 9.72 Å². The number of carbonyl (C=O) groups excluding carboxylic acids is 1. The van der Waals surface area contributed by atoms with Crippen LogP contribution in [0.5, 0.6) is 0 Å². The highest BCUT2D eigenvalue weighted by atomic mass is 16.6. The molecule has 4 rings (SSSR count). The standard InChI is InChI=1S/C20H18N6O3/c1-11-4-3-5-14(10-11)17-16(18(21)27)12(2)22-20-23-19(24-25(17)20)13-6-8-15(9-7-13)26(28)29/h3-10,17H,1-2H3,(H2,21,27)(H,22,23,24). The Morgan fingerprint density at radius 1 is 1.21 bits per heavy atom. The summed E-state index contributed by atoms with van der Waals surface area (Å²) in [5.74, 6) is 0.311. The number of nitrogens with zero attached hydrogens (tertiary/aromatic N) is 4. The Morgan fingerprint density at radius 3 is 2.55 bits per heavy atom. The lowest BCUT2D eigenvalue weighted by Gasteiger charge is -2.27. The molecular formula is C20H18N6O3. The molecule has 0 radical (unpaired) electrons. The number of allylic oxidation sites excluding steroid dienone is 1. The van der Waals surface area contributed by atoms with Gasteiger partial charge in [-0.25, -0.2) is 4.68 Å². The van der Waals surface area contributed by atoms with Crippen LogP contribution in [0.15, 0.2) is 59.8 Å².